The van der Waals surface area contributed by atoms with Gasteiger partial charge in [-0.3, -0.25) is 4.90 Å². The van der Waals surface area contributed by atoms with Gasteiger partial charge in [0.1, 0.15) is 0 Å². The summed E-state index contributed by atoms with van der Waals surface area (Å²) in [5, 5.41) is 10.7. The lowest BCUT2D eigenvalue weighted by Crippen LogP contribution is -2.63. The summed E-state index contributed by atoms with van der Waals surface area (Å²) in [4.78, 5) is 2.38. The van der Waals surface area contributed by atoms with Crippen molar-refractivity contribution in [3.8, 4) is 0 Å². The van der Waals surface area contributed by atoms with Gasteiger partial charge in [0, 0.05) is 11.1 Å². The summed E-state index contributed by atoms with van der Waals surface area (Å²) in [5.41, 5.74) is -0.571. The average molecular weight is 225 g/mol. The molecular weight excluding hydrogens is 198 g/mol. The van der Waals surface area contributed by atoms with Gasteiger partial charge in [-0.2, -0.15) is 0 Å². The fourth-order valence-electron chi connectivity index (χ4n) is 3.07. The van der Waals surface area contributed by atoms with Crippen LogP contribution in [0.1, 0.15) is 53.9 Å². The monoisotopic (exact) mass is 225 g/mol. The molecule has 0 aliphatic carbocycles. The zero-order chi connectivity index (χ0) is 12.6. The molecule has 2 heteroatoms. The molecule has 0 aromatic heterocycles. The van der Waals surface area contributed by atoms with Crippen molar-refractivity contribution in [1.29, 1.82) is 0 Å². The molecule has 1 fully saturated rings. The summed E-state index contributed by atoms with van der Waals surface area (Å²) >= 11 is 0. The average Bonchev–Trinajstić information content (AvgIpc) is 2.10. The number of likely N-dealkylation sites (tertiary alicyclic amines) is 1. The molecular formula is C14H27NO. The second-order valence-electron chi connectivity index (χ2n) is 6.45. The summed E-state index contributed by atoms with van der Waals surface area (Å²) < 4.78 is 0. The number of rotatable bonds is 2. The topological polar surface area (TPSA) is 23.5 Å². The van der Waals surface area contributed by atoms with E-state index in [2.05, 4.69) is 52.6 Å². The summed E-state index contributed by atoms with van der Waals surface area (Å²) in [7, 11) is 2.16. The molecule has 0 bridgehead atoms. The van der Waals surface area contributed by atoms with Gasteiger partial charge in [-0.1, -0.05) is 19.1 Å². The van der Waals surface area contributed by atoms with Crippen molar-refractivity contribution in [2.75, 3.05) is 7.05 Å². The van der Waals surface area contributed by atoms with Crippen molar-refractivity contribution in [2.24, 2.45) is 0 Å². The predicted molar refractivity (Wildman–Crippen MR) is 69.5 cm³/mol. The van der Waals surface area contributed by atoms with Gasteiger partial charge in [-0.05, 0) is 54.0 Å². The third-order valence-corrected chi connectivity index (χ3v) is 3.96. The molecule has 1 rings (SSSR count). The van der Waals surface area contributed by atoms with E-state index in [0.717, 1.165) is 19.3 Å². The highest BCUT2D eigenvalue weighted by molar-refractivity contribution is 5.13. The van der Waals surface area contributed by atoms with Crippen molar-refractivity contribution in [1.82, 2.24) is 4.90 Å². The van der Waals surface area contributed by atoms with Crippen molar-refractivity contribution in [3.05, 3.63) is 12.2 Å². The maximum Gasteiger partial charge on any atom is 0.0862 e. The molecule has 16 heavy (non-hydrogen) atoms. The van der Waals surface area contributed by atoms with Crippen LogP contribution in [0.5, 0.6) is 0 Å². The Hall–Kier alpha value is -0.340. The molecule has 1 aliphatic heterocycles. The van der Waals surface area contributed by atoms with Crippen LogP contribution in [0.3, 0.4) is 0 Å². The van der Waals surface area contributed by atoms with Crippen molar-refractivity contribution in [3.63, 3.8) is 0 Å². The van der Waals surface area contributed by atoms with E-state index in [9.17, 15) is 5.11 Å². The lowest BCUT2D eigenvalue weighted by Gasteiger charge is -2.56. The summed E-state index contributed by atoms with van der Waals surface area (Å²) in [6.07, 6.45) is 6.67. The molecule has 0 radical (unpaired) electrons. The Morgan fingerprint density at radius 1 is 1.12 bits per heavy atom. The molecule has 0 unspecified atom stereocenters. The zero-order valence-corrected chi connectivity index (χ0v) is 11.7. The van der Waals surface area contributed by atoms with Crippen LogP contribution in [-0.4, -0.2) is 33.7 Å². The quantitative estimate of drug-likeness (QED) is 0.730. The first kappa shape index (κ1) is 13.7. The van der Waals surface area contributed by atoms with Crippen LogP contribution in [-0.2, 0) is 0 Å². The van der Waals surface area contributed by atoms with Crippen LogP contribution in [0.4, 0.5) is 0 Å². The van der Waals surface area contributed by atoms with E-state index in [0.29, 0.717) is 0 Å². The number of hydrogen-bond donors (Lipinski definition) is 1. The third kappa shape index (κ3) is 2.67. The van der Waals surface area contributed by atoms with Gasteiger partial charge in [0.05, 0.1) is 5.60 Å². The van der Waals surface area contributed by atoms with Crippen molar-refractivity contribution >= 4 is 0 Å². The van der Waals surface area contributed by atoms with Crippen LogP contribution < -0.4 is 0 Å². The number of hydrogen-bond acceptors (Lipinski definition) is 2. The Bertz CT molecular complexity index is 260. The highest BCUT2D eigenvalue weighted by atomic mass is 16.3. The van der Waals surface area contributed by atoms with E-state index >= 15 is 0 Å². The SMILES string of the molecule is CCC=CC1(O)CC(C)(C)N(C)C(C)(C)C1. The predicted octanol–water partition coefficient (Wildman–Crippen LogP) is 2.97. The Morgan fingerprint density at radius 3 is 1.94 bits per heavy atom. The number of piperidine rings is 1. The molecule has 0 amide bonds. The first-order valence-corrected chi connectivity index (χ1v) is 6.27. The van der Waals surface area contributed by atoms with E-state index in [4.69, 9.17) is 0 Å². The summed E-state index contributed by atoms with van der Waals surface area (Å²) in [6.45, 7) is 10.9. The lowest BCUT2D eigenvalue weighted by molar-refractivity contribution is -0.0999. The number of nitrogens with zero attached hydrogens (tertiary/aromatic N) is 1. The Balaban J connectivity index is 2.98. The van der Waals surface area contributed by atoms with Crippen molar-refractivity contribution < 1.29 is 5.11 Å². The van der Waals surface area contributed by atoms with Crippen LogP contribution in [0.25, 0.3) is 0 Å². The maximum atomic E-state index is 10.7. The minimum absolute atomic E-state index is 0.0363. The van der Waals surface area contributed by atoms with Gasteiger partial charge in [-0.15, -0.1) is 0 Å². The van der Waals surface area contributed by atoms with E-state index in [1.54, 1.807) is 0 Å². The lowest BCUT2D eigenvalue weighted by atomic mass is 9.71. The van der Waals surface area contributed by atoms with Gasteiger partial charge in [-0.25, -0.2) is 0 Å². The highest BCUT2D eigenvalue weighted by Crippen LogP contribution is 2.42. The van der Waals surface area contributed by atoms with Gasteiger partial charge < -0.3 is 5.11 Å². The summed E-state index contributed by atoms with van der Waals surface area (Å²) in [5.74, 6) is 0. The Kier molecular flexibility index (Phi) is 3.56. The fraction of sp³-hybridized carbons (Fsp3) is 0.857. The molecule has 0 saturated carbocycles. The minimum Gasteiger partial charge on any atom is -0.386 e. The largest absolute Gasteiger partial charge is 0.386 e. The molecule has 94 valence electrons. The van der Waals surface area contributed by atoms with Crippen LogP contribution in [0, 0.1) is 0 Å². The van der Waals surface area contributed by atoms with E-state index in [1.165, 1.54) is 0 Å². The van der Waals surface area contributed by atoms with Gasteiger partial charge in [0.25, 0.3) is 0 Å². The van der Waals surface area contributed by atoms with Crippen LogP contribution in [0.15, 0.2) is 12.2 Å². The summed E-state index contributed by atoms with van der Waals surface area (Å²) in [6, 6.07) is 0. The second-order valence-corrected chi connectivity index (χ2v) is 6.45. The molecule has 1 heterocycles. The molecule has 0 aromatic carbocycles. The molecule has 1 aliphatic rings. The second kappa shape index (κ2) is 4.15. The Labute approximate surface area is 100 Å². The molecule has 0 spiro atoms. The molecule has 0 atom stereocenters. The molecule has 1 saturated heterocycles. The smallest absolute Gasteiger partial charge is 0.0862 e. The molecule has 2 nitrogen and oxygen atoms in total. The number of aliphatic hydroxyl groups is 1. The van der Waals surface area contributed by atoms with Crippen LogP contribution >= 0.6 is 0 Å². The van der Waals surface area contributed by atoms with Gasteiger partial charge in [0.2, 0.25) is 0 Å². The number of allylic oxidation sites excluding steroid dienone is 1. The molecule has 1 N–H and O–H groups in total. The standard InChI is InChI=1S/C14H27NO/c1-7-8-9-14(16)10-12(2,3)15(6)13(4,5)11-14/h8-9,16H,7,10-11H2,1-6H3. The van der Waals surface area contributed by atoms with E-state index < -0.39 is 5.60 Å². The van der Waals surface area contributed by atoms with Crippen LogP contribution in [0.2, 0.25) is 0 Å². The molecule has 0 aromatic rings. The minimum atomic E-state index is -0.643. The first-order chi connectivity index (χ1) is 7.13. The van der Waals surface area contributed by atoms with Crippen molar-refractivity contribution in [2.45, 2.75) is 70.6 Å². The van der Waals surface area contributed by atoms with Gasteiger partial charge in [0.15, 0.2) is 0 Å². The van der Waals surface area contributed by atoms with E-state index in [-0.39, 0.29) is 11.1 Å². The Morgan fingerprint density at radius 2 is 1.56 bits per heavy atom. The third-order valence-electron chi connectivity index (χ3n) is 3.96. The fourth-order valence-corrected chi connectivity index (χ4v) is 3.07. The first-order valence-electron chi connectivity index (χ1n) is 6.27. The highest BCUT2D eigenvalue weighted by Gasteiger charge is 2.48. The zero-order valence-electron chi connectivity index (χ0n) is 11.7. The maximum absolute atomic E-state index is 10.7. The van der Waals surface area contributed by atoms with Gasteiger partial charge >= 0.3 is 0 Å². The normalized spacial score (nSPS) is 28.4. The van der Waals surface area contributed by atoms with E-state index in [1.807, 2.05) is 6.08 Å².